The van der Waals surface area contributed by atoms with Crippen molar-refractivity contribution in [2.45, 2.75) is 64.3 Å². The molecule has 0 saturated carbocycles. The fourth-order valence-electron chi connectivity index (χ4n) is 7.12. The molecule has 6 rings (SSSR count). The Labute approximate surface area is 210 Å². The molecule has 0 N–H and O–H groups in total. The monoisotopic (exact) mass is 467 g/mol. The van der Waals surface area contributed by atoms with Crippen LogP contribution in [0.2, 0.25) is 0 Å². The van der Waals surface area contributed by atoms with Gasteiger partial charge in [0.2, 0.25) is 0 Å². The van der Waals surface area contributed by atoms with E-state index in [1.54, 1.807) is 5.57 Å². The van der Waals surface area contributed by atoms with Crippen LogP contribution in [0.3, 0.4) is 0 Å². The number of fused-ring (bicyclic) bond motifs is 3. The molecule has 0 bridgehead atoms. The van der Waals surface area contributed by atoms with Gasteiger partial charge in [-0.2, -0.15) is 5.26 Å². The molecular formula is C31H37N3O. The summed E-state index contributed by atoms with van der Waals surface area (Å²) in [6.07, 6.45) is 5.55. The molecule has 2 aromatic carbocycles. The van der Waals surface area contributed by atoms with Crippen LogP contribution in [0, 0.1) is 11.3 Å². The van der Waals surface area contributed by atoms with E-state index in [0.29, 0.717) is 6.04 Å². The van der Waals surface area contributed by atoms with E-state index in [0.717, 1.165) is 64.2 Å². The molecule has 2 fully saturated rings. The number of hydrogen-bond acceptors (Lipinski definition) is 4. The van der Waals surface area contributed by atoms with E-state index >= 15 is 0 Å². The first kappa shape index (κ1) is 22.8. The van der Waals surface area contributed by atoms with Crippen LogP contribution in [-0.4, -0.2) is 50.3 Å². The summed E-state index contributed by atoms with van der Waals surface area (Å²) in [5, 5.41) is 9.40. The summed E-state index contributed by atoms with van der Waals surface area (Å²) in [5.74, 6) is 0. The highest BCUT2D eigenvalue weighted by Crippen LogP contribution is 2.51. The van der Waals surface area contributed by atoms with Crippen molar-refractivity contribution in [2.24, 2.45) is 0 Å². The van der Waals surface area contributed by atoms with Crippen molar-refractivity contribution in [1.29, 1.82) is 5.26 Å². The number of allylic oxidation sites excluding steroid dienone is 2. The standard InChI is InChI=1S/C31H37N3O/c1-4-22-16-24-17-27-26-6-5-21(20-32)15-23(26)18-29(27)31(2,3)28(24)19-30(22)34-9-7-25(8-10-34)33-11-13-35-14-12-33/h5-6,15-16,19,25H,4,7-14,17-18H2,1-3H3. The molecule has 0 aromatic heterocycles. The second kappa shape index (κ2) is 8.80. The summed E-state index contributed by atoms with van der Waals surface area (Å²) in [6.45, 7) is 13.4. The highest BCUT2D eigenvalue weighted by molar-refractivity contribution is 5.83. The average molecular weight is 468 g/mol. The van der Waals surface area contributed by atoms with Crippen LogP contribution in [0.1, 0.15) is 67.0 Å². The van der Waals surface area contributed by atoms with Gasteiger partial charge in [0, 0.05) is 43.3 Å². The van der Waals surface area contributed by atoms with E-state index in [-0.39, 0.29) is 5.41 Å². The Morgan fingerprint density at radius 2 is 1.77 bits per heavy atom. The zero-order valence-electron chi connectivity index (χ0n) is 21.5. The lowest BCUT2D eigenvalue weighted by Gasteiger charge is -2.42. The van der Waals surface area contributed by atoms with Crippen molar-refractivity contribution in [1.82, 2.24) is 4.90 Å². The molecule has 35 heavy (non-hydrogen) atoms. The van der Waals surface area contributed by atoms with Gasteiger partial charge in [-0.1, -0.05) is 38.5 Å². The molecule has 4 heteroatoms. The molecule has 2 aliphatic heterocycles. The number of nitrogens with zero attached hydrogens (tertiary/aromatic N) is 3. The van der Waals surface area contributed by atoms with Gasteiger partial charge >= 0.3 is 0 Å². The molecule has 2 aromatic rings. The zero-order valence-corrected chi connectivity index (χ0v) is 21.5. The molecule has 0 spiro atoms. The largest absolute Gasteiger partial charge is 0.379 e. The van der Waals surface area contributed by atoms with Crippen LogP contribution in [0.25, 0.3) is 5.57 Å². The third-order valence-electron chi connectivity index (χ3n) is 9.14. The maximum absolute atomic E-state index is 9.40. The second-order valence-electron chi connectivity index (χ2n) is 11.3. The van der Waals surface area contributed by atoms with E-state index < -0.39 is 0 Å². The van der Waals surface area contributed by atoms with Crippen LogP contribution < -0.4 is 4.90 Å². The predicted octanol–water partition coefficient (Wildman–Crippen LogP) is 5.27. The van der Waals surface area contributed by atoms with Gasteiger partial charge in [0.15, 0.2) is 0 Å². The lowest BCUT2D eigenvalue weighted by Crippen LogP contribution is -2.49. The molecule has 4 aliphatic rings. The first-order chi connectivity index (χ1) is 17.0. The number of piperidine rings is 1. The molecule has 2 heterocycles. The van der Waals surface area contributed by atoms with Gasteiger partial charge in [-0.05, 0) is 83.7 Å². The average Bonchev–Trinajstić information content (AvgIpc) is 3.27. The number of benzene rings is 2. The second-order valence-corrected chi connectivity index (χ2v) is 11.3. The normalized spacial score (nSPS) is 21.9. The van der Waals surface area contributed by atoms with Crippen LogP contribution >= 0.6 is 0 Å². The van der Waals surface area contributed by atoms with Gasteiger partial charge in [0.05, 0.1) is 24.8 Å². The van der Waals surface area contributed by atoms with Gasteiger partial charge in [-0.3, -0.25) is 4.90 Å². The Bertz CT molecular complexity index is 1220. The van der Waals surface area contributed by atoms with E-state index in [1.807, 2.05) is 6.07 Å². The smallest absolute Gasteiger partial charge is 0.0991 e. The molecule has 0 atom stereocenters. The number of hydrogen-bond donors (Lipinski definition) is 0. The van der Waals surface area contributed by atoms with Gasteiger partial charge in [0.25, 0.3) is 0 Å². The maximum Gasteiger partial charge on any atom is 0.0991 e. The number of aryl methyl sites for hydroxylation is 1. The van der Waals surface area contributed by atoms with Crippen molar-refractivity contribution in [2.75, 3.05) is 44.3 Å². The lowest BCUT2D eigenvalue weighted by atomic mass is 9.68. The van der Waals surface area contributed by atoms with Gasteiger partial charge in [-0.15, -0.1) is 0 Å². The van der Waals surface area contributed by atoms with Gasteiger partial charge in [0.1, 0.15) is 0 Å². The number of morpholine rings is 1. The summed E-state index contributed by atoms with van der Waals surface area (Å²) in [7, 11) is 0. The third kappa shape index (κ3) is 3.81. The van der Waals surface area contributed by atoms with Crippen molar-refractivity contribution in [3.8, 4) is 6.07 Å². The van der Waals surface area contributed by atoms with Crippen molar-refractivity contribution in [3.63, 3.8) is 0 Å². The molecular weight excluding hydrogens is 430 g/mol. The number of ether oxygens (including phenoxy) is 1. The molecule has 0 unspecified atom stereocenters. The molecule has 182 valence electrons. The summed E-state index contributed by atoms with van der Waals surface area (Å²) in [5.41, 5.74) is 12.5. The Kier molecular flexibility index (Phi) is 5.74. The summed E-state index contributed by atoms with van der Waals surface area (Å²) >= 11 is 0. The van der Waals surface area contributed by atoms with E-state index in [9.17, 15) is 5.26 Å². The quantitative estimate of drug-likeness (QED) is 0.617. The van der Waals surface area contributed by atoms with Gasteiger partial charge in [-0.25, -0.2) is 0 Å². The van der Waals surface area contributed by atoms with Crippen molar-refractivity contribution >= 4 is 11.3 Å². The van der Waals surface area contributed by atoms with E-state index in [4.69, 9.17) is 4.74 Å². The Morgan fingerprint density at radius 3 is 2.49 bits per heavy atom. The van der Waals surface area contributed by atoms with Crippen molar-refractivity contribution < 1.29 is 4.74 Å². The van der Waals surface area contributed by atoms with Crippen molar-refractivity contribution in [3.05, 3.63) is 69.3 Å². The number of anilines is 1. The highest BCUT2D eigenvalue weighted by Gasteiger charge is 2.39. The first-order valence-corrected chi connectivity index (χ1v) is 13.5. The highest BCUT2D eigenvalue weighted by atomic mass is 16.5. The fourth-order valence-corrected chi connectivity index (χ4v) is 7.12. The Morgan fingerprint density at radius 1 is 1.00 bits per heavy atom. The minimum Gasteiger partial charge on any atom is -0.379 e. The SMILES string of the molecule is CCc1cc2c(cc1N1CCC(N3CCOCC3)CC1)C(C)(C)C1=C(C2)c2ccc(C#N)cc2C1. The van der Waals surface area contributed by atoms with E-state index in [2.05, 4.69) is 60.9 Å². The fraction of sp³-hybridized carbons (Fsp3) is 0.516. The zero-order chi connectivity index (χ0) is 24.2. The van der Waals surface area contributed by atoms with Crippen LogP contribution in [0.15, 0.2) is 35.9 Å². The molecule has 4 nitrogen and oxygen atoms in total. The van der Waals surface area contributed by atoms with E-state index in [1.165, 1.54) is 51.9 Å². The number of nitriles is 1. The Hall–Kier alpha value is -2.61. The topological polar surface area (TPSA) is 39.5 Å². The predicted molar refractivity (Wildman–Crippen MR) is 142 cm³/mol. The minimum atomic E-state index is 0.00187. The minimum absolute atomic E-state index is 0.00187. The van der Waals surface area contributed by atoms with Crippen LogP contribution in [0.4, 0.5) is 5.69 Å². The van der Waals surface area contributed by atoms with Gasteiger partial charge < -0.3 is 9.64 Å². The summed E-state index contributed by atoms with van der Waals surface area (Å²) in [4.78, 5) is 5.32. The first-order valence-electron chi connectivity index (χ1n) is 13.5. The molecule has 2 saturated heterocycles. The summed E-state index contributed by atoms with van der Waals surface area (Å²) in [6, 6.07) is 14.4. The maximum atomic E-state index is 9.40. The van der Waals surface area contributed by atoms with Crippen LogP contribution in [0.5, 0.6) is 0 Å². The Balaban J connectivity index is 1.29. The molecule has 2 aliphatic carbocycles. The summed E-state index contributed by atoms with van der Waals surface area (Å²) < 4.78 is 5.58. The number of rotatable bonds is 3. The lowest BCUT2D eigenvalue weighted by molar-refractivity contribution is 0.0115. The molecule has 0 amide bonds. The third-order valence-corrected chi connectivity index (χ3v) is 9.14. The van der Waals surface area contributed by atoms with Crippen LogP contribution in [-0.2, 0) is 29.4 Å². The molecule has 0 radical (unpaired) electrons.